The zero-order valence-electron chi connectivity index (χ0n) is 11.0. The van der Waals surface area contributed by atoms with Crippen LogP contribution in [0.25, 0.3) is 6.08 Å². The lowest BCUT2D eigenvalue weighted by molar-refractivity contribution is 0.280. The minimum absolute atomic E-state index is 0.134. The summed E-state index contributed by atoms with van der Waals surface area (Å²) in [5.74, 6) is 0. The van der Waals surface area contributed by atoms with Gasteiger partial charge in [-0.3, -0.25) is 0 Å². The van der Waals surface area contributed by atoms with E-state index < -0.39 is 0 Å². The van der Waals surface area contributed by atoms with Gasteiger partial charge in [-0.05, 0) is 41.5 Å². The summed E-state index contributed by atoms with van der Waals surface area (Å²) in [6, 6.07) is 16.8. The van der Waals surface area contributed by atoms with E-state index in [2.05, 4.69) is 36.4 Å². The second-order valence-electron chi connectivity index (χ2n) is 5.11. The Hall–Kier alpha value is -1.86. The molecule has 2 aromatic carbocycles. The Kier molecular flexibility index (Phi) is 3.47. The number of aliphatic hydroxyl groups excluding tert-OH is 1. The predicted molar refractivity (Wildman–Crippen MR) is 78.8 cm³/mol. The number of aliphatic hydroxyl groups is 1. The van der Waals surface area contributed by atoms with Crippen LogP contribution in [0, 0.1) is 0 Å². The highest BCUT2D eigenvalue weighted by Gasteiger charge is 2.12. The van der Waals surface area contributed by atoms with E-state index in [-0.39, 0.29) is 6.61 Å². The molecule has 0 aliphatic heterocycles. The fraction of sp³-hybridized carbons (Fsp3) is 0.222. The van der Waals surface area contributed by atoms with E-state index in [1.54, 1.807) is 0 Å². The van der Waals surface area contributed by atoms with Crippen molar-refractivity contribution >= 4 is 6.08 Å². The fourth-order valence-electron chi connectivity index (χ4n) is 2.76. The van der Waals surface area contributed by atoms with Gasteiger partial charge in [0.2, 0.25) is 0 Å². The Balaban J connectivity index is 1.69. The minimum Gasteiger partial charge on any atom is -0.392 e. The molecule has 0 amide bonds. The van der Waals surface area contributed by atoms with Crippen molar-refractivity contribution in [1.29, 1.82) is 0 Å². The Labute approximate surface area is 114 Å². The summed E-state index contributed by atoms with van der Waals surface area (Å²) in [6.45, 7) is 0.134. The number of benzene rings is 2. The van der Waals surface area contributed by atoms with Crippen LogP contribution in [-0.4, -0.2) is 5.11 Å². The van der Waals surface area contributed by atoms with Crippen LogP contribution in [0.2, 0.25) is 0 Å². The van der Waals surface area contributed by atoms with Gasteiger partial charge in [-0.25, -0.2) is 0 Å². The molecule has 0 unspecified atom stereocenters. The first kappa shape index (κ1) is 12.2. The number of allylic oxidation sites excluding steroid dienone is 1. The molecule has 0 bridgehead atoms. The smallest absolute Gasteiger partial charge is 0.0684 e. The van der Waals surface area contributed by atoms with Crippen LogP contribution in [0.4, 0.5) is 0 Å². The topological polar surface area (TPSA) is 20.2 Å². The molecule has 0 saturated carbocycles. The van der Waals surface area contributed by atoms with E-state index >= 15 is 0 Å². The highest BCUT2D eigenvalue weighted by molar-refractivity contribution is 5.63. The van der Waals surface area contributed by atoms with Gasteiger partial charge in [-0.15, -0.1) is 0 Å². The van der Waals surface area contributed by atoms with Gasteiger partial charge in [0, 0.05) is 0 Å². The molecule has 0 atom stereocenters. The molecule has 0 fully saturated rings. The first-order valence-electron chi connectivity index (χ1n) is 6.82. The number of fused-ring (bicyclic) bond motifs is 1. The second kappa shape index (κ2) is 5.41. The Morgan fingerprint density at radius 3 is 2.37 bits per heavy atom. The molecule has 0 saturated heterocycles. The molecule has 3 rings (SSSR count). The van der Waals surface area contributed by atoms with Crippen molar-refractivity contribution in [1.82, 2.24) is 0 Å². The first-order chi connectivity index (χ1) is 9.36. The number of hydrogen-bond acceptors (Lipinski definition) is 1. The van der Waals surface area contributed by atoms with Crippen molar-refractivity contribution in [3.8, 4) is 0 Å². The van der Waals surface area contributed by atoms with Crippen LogP contribution in [0.15, 0.2) is 54.1 Å². The number of aryl methyl sites for hydroxylation is 1. The highest BCUT2D eigenvalue weighted by atomic mass is 16.3. The molecular formula is C18H18O. The molecule has 1 aliphatic carbocycles. The lowest BCUT2D eigenvalue weighted by Gasteiger charge is -2.07. The molecule has 19 heavy (non-hydrogen) atoms. The molecule has 2 aromatic rings. The lowest BCUT2D eigenvalue weighted by Crippen LogP contribution is -1.95. The van der Waals surface area contributed by atoms with Crippen LogP contribution in [0.3, 0.4) is 0 Å². The molecule has 0 aromatic heterocycles. The zero-order chi connectivity index (χ0) is 13.1. The van der Waals surface area contributed by atoms with E-state index in [4.69, 9.17) is 0 Å². The quantitative estimate of drug-likeness (QED) is 0.876. The van der Waals surface area contributed by atoms with Crippen molar-refractivity contribution in [3.05, 3.63) is 76.4 Å². The minimum atomic E-state index is 0.134. The predicted octanol–water partition coefficient (Wildman–Crippen LogP) is 3.75. The summed E-state index contributed by atoms with van der Waals surface area (Å²) < 4.78 is 0. The average molecular weight is 250 g/mol. The number of hydrogen-bond donors (Lipinski definition) is 1. The maximum atomic E-state index is 9.34. The molecule has 0 radical (unpaired) electrons. The van der Waals surface area contributed by atoms with Gasteiger partial charge in [0.1, 0.15) is 0 Å². The summed E-state index contributed by atoms with van der Waals surface area (Å²) in [5, 5.41) is 9.34. The van der Waals surface area contributed by atoms with E-state index in [0.29, 0.717) is 0 Å². The maximum Gasteiger partial charge on any atom is 0.0684 e. The van der Waals surface area contributed by atoms with Gasteiger partial charge >= 0.3 is 0 Å². The normalized spacial score (nSPS) is 13.2. The summed E-state index contributed by atoms with van der Waals surface area (Å²) in [4.78, 5) is 0. The van der Waals surface area contributed by atoms with Gasteiger partial charge in [0.15, 0.2) is 0 Å². The van der Waals surface area contributed by atoms with Crippen molar-refractivity contribution in [3.63, 3.8) is 0 Å². The fourth-order valence-corrected chi connectivity index (χ4v) is 2.76. The van der Waals surface area contributed by atoms with Gasteiger partial charge in [-0.1, -0.05) is 60.2 Å². The molecule has 1 N–H and O–H groups in total. The zero-order valence-corrected chi connectivity index (χ0v) is 11.0. The third kappa shape index (κ3) is 2.61. The third-order valence-electron chi connectivity index (χ3n) is 3.84. The highest BCUT2D eigenvalue weighted by Crippen LogP contribution is 2.27. The van der Waals surface area contributed by atoms with Crippen LogP contribution in [0.5, 0.6) is 0 Å². The van der Waals surface area contributed by atoms with Crippen LogP contribution in [0.1, 0.15) is 28.7 Å². The number of rotatable bonds is 4. The molecule has 0 spiro atoms. The lowest BCUT2D eigenvalue weighted by atomic mass is 9.99. The molecule has 0 heterocycles. The SMILES string of the molecule is OCc1ccccc1CCC1=Cc2ccccc2C1. The summed E-state index contributed by atoms with van der Waals surface area (Å²) in [5.41, 5.74) is 6.62. The molecular weight excluding hydrogens is 232 g/mol. The third-order valence-corrected chi connectivity index (χ3v) is 3.84. The summed E-state index contributed by atoms with van der Waals surface area (Å²) >= 11 is 0. The maximum absolute atomic E-state index is 9.34. The summed E-state index contributed by atoms with van der Waals surface area (Å²) in [6.07, 6.45) is 5.48. The van der Waals surface area contributed by atoms with Crippen LogP contribution in [-0.2, 0) is 19.4 Å². The van der Waals surface area contributed by atoms with Crippen molar-refractivity contribution in [2.75, 3.05) is 0 Å². The standard InChI is InChI=1S/C18H18O/c19-13-18-8-4-1-5-15(18)10-9-14-11-16-6-2-3-7-17(16)12-14/h1-8,11,19H,9-10,12-13H2. The van der Waals surface area contributed by atoms with Gasteiger partial charge in [0.25, 0.3) is 0 Å². The second-order valence-corrected chi connectivity index (χ2v) is 5.11. The molecule has 1 heteroatoms. The monoisotopic (exact) mass is 250 g/mol. The average Bonchev–Trinajstić information content (AvgIpc) is 2.88. The van der Waals surface area contributed by atoms with Gasteiger partial charge < -0.3 is 5.11 Å². The van der Waals surface area contributed by atoms with Gasteiger partial charge in [-0.2, -0.15) is 0 Å². The molecule has 96 valence electrons. The molecule has 1 nitrogen and oxygen atoms in total. The van der Waals surface area contributed by atoms with Crippen molar-refractivity contribution in [2.45, 2.75) is 25.9 Å². The van der Waals surface area contributed by atoms with Crippen molar-refractivity contribution < 1.29 is 5.11 Å². The van der Waals surface area contributed by atoms with E-state index in [1.165, 1.54) is 22.3 Å². The van der Waals surface area contributed by atoms with E-state index in [0.717, 1.165) is 24.8 Å². The summed E-state index contributed by atoms with van der Waals surface area (Å²) in [7, 11) is 0. The van der Waals surface area contributed by atoms with Crippen LogP contribution < -0.4 is 0 Å². The Morgan fingerprint density at radius 1 is 0.842 bits per heavy atom. The van der Waals surface area contributed by atoms with E-state index in [1.807, 2.05) is 18.2 Å². The molecule has 1 aliphatic rings. The Morgan fingerprint density at radius 2 is 1.58 bits per heavy atom. The van der Waals surface area contributed by atoms with Gasteiger partial charge in [0.05, 0.1) is 6.61 Å². The van der Waals surface area contributed by atoms with Crippen LogP contribution >= 0.6 is 0 Å². The van der Waals surface area contributed by atoms with E-state index in [9.17, 15) is 5.11 Å². The Bertz CT molecular complexity index is 611. The van der Waals surface area contributed by atoms with Crippen molar-refractivity contribution in [2.24, 2.45) is 0 Å². The first-order valence-corrected chi connectivity index (χ1v) is 6.82. The largest absolute Gasteiger partial charge is 0.392 e.